The van der Waals surface area contributed by atoms with Crippen molar-refractivity contribution in [3.63, 3.8) is 0 Å². The van der Waals surface area contributed by atoms with E-state index in [2.05, 4.69) is 22.1 Å². The van der Waals surface area contributed by atoms with Crippen molar-refractivity contribution in [2.75, 3.05) is 0 Å². The van der Waals surface area contributed by atoms with Crippen LogP contribution in [0.5, 0.6) is 0 Å². The molecule has 1 atom stereocenters. The van der Waals surface area contributed by atoms with Crippen LogP contribution in [0.1, 0.15) is 0 Å². The van der Waals surface area contributed by atoms with Crippen LogP contribution in [-0.4, -0.2) is 10.1 Å². The molecule has 0 spiro atoms. The second-order valence-electron chi connectivity index (χ2n) is 0.574. The molecule has 1 rings (SSSR count). The predicted octanol–water partition coefficient (Wildman–Crippen LogP) is 0.487. The summed E-state index contributed by atoms with van der Waals surface area (Å²) in [7, 11) is 1.42. The van der Waals surface area contributed by atoms with Gasteiger partial charge in [-0.05, 0) is 9.47 Å². The molecule has 0 aliphatic rings. The number of nitrogens with zero attached hydrogens (tertiary/aromatic N) is 1. The zero-order valence-electron chi connectivity index (χ0n) is 5.89. The van der Waals surface area contributed by atoms with Gasteiger partial charge in [-0.25, -0.2) is 0 Å². The van der Waals surface area contributed by atoms with Gasteiger partial charge in [0, 0.05) is 72.3 Å². The van der Waals surface area contributed by atoms with E-state index in [1.807, 2.05) is 0 Å². The summed E-state index contributed by atoms with van der Waals surface area (Å²) in [4.78, 5) is 6.92. The Morgan fingerprint density at radius 3 is 2.00 bits per heavy atom. The molecule has 1 N–H and O–H groups in total. The largest absolute Gasteiger partial charge is 0.599 e. The van der Waals surface area contributed by atoms with Crippen LogP contribution in [-0.2, 0) is 72.3 Å². The van der Waals surface area contributed by atoms with Gasteiger partial charge in [-0.2, -0.15) is 0 Å². The molecule has 1 aromatic rings. The molecule has 1 aromatic heterocycles. The Morgan fingerprint density at radius 2 is 1.91 bits per heavy atom. The molecule has 0 amide bonds. The van der Waals surface area contributed by atoms with E-state index >= 15 is 0 Å². The Labute approximate surface area is 121 Å². The van der Waals surface area contributed by atoms with Crippen LogP contribution >= 0.6 is 9.47 Å². The summed E-state index contributed by atoms with van der Waals surface area (Å²) >= 11 is 0. The summed E-state index contributed by atoms with van der Waals surface area (Å²) in [5, 5.41) is 3.17. The Hall–Kier alpha value is 1.98. The maximum atomic E-state index is 6.92. The molecule has 0 saturated heterocycles. The van der Waals surface area contributed by atoms with E-state index in [9.17, 15) is 0 Å². The van der Waals surface area contributed by atoms with E-state index in [4.69, 9.17) is 4.89 Å². The van der Waals surface area contributed by atoms with E-state index in [1.54, 1.807) is 0 Å². The summed E-state index contributed by atoms with van der Waals surface area (Å²) in [6, 6.07) is 1.47. The van der Waals surface area contributed by atoms with Gasteiger partial charge in [0.1, 0.15) is 0 Å². The van der Waals surface area contributed by atoms with Crippen LogP contribution in [0.3, 0.4) is 0 Å². The summed E-state index contributed by atoms with van der Waals surface area (Å²) in [5.74, 6) is 0. The summed E-state index contributed by atoms with van der Waals surface area (Å²) in [6.45, 7) is 0. The summed E-state index contributed by atoms with van der Waals surface area (Å²) < 4.78 is 4.15. The Morgan fingerprint density at radius 1 is 1.45 bits per heavy atom. The monoisotopic (exact) mass is 456 g/mol. The van der Waals surface area contributed by atoms with Gasteiger partial charge < -0.3 is 34.3 Å². The van der Waals surface area contributed by atoms with Gasteiger partial charge in [-0.1, -0.05) is 0 Å². The van der Waals surface area contributed by atoms with Crippen LogP contribution in [0, 0.1) is 19.9 Å². The van der Waals surface area contributed by atoms with Crippen molar-refractivity contribution in [1.82, 2.24) is 5.16 Å². The molecule has 2 radical (unpaired) electrons. The van der Waals surface area contributed by atoms with Gasteiger partial charge in [-0.3, -0.25) is 6.26 Å². The first kappa shape index (κ1) is 29.3. The zero-order valence-corrected chi connectivity index (χ0v) is 14.2. The fraction of sp³-hybridized carbons (Fsp3) is 0. The summed E-state index contributed by atoms with van der Waals surface area (Å²) in [6.07, 6.45) is 4.71. The molecule has 1 unspecified atom stereocenters. The molecule has 7 heteroatoms. The predicted molar refractivity (Wildman–Crippen MR) is 32.5 cm³/mol. The molecule has 62 valence electrons. The average Bonchev–Trinajstić information content (AvgIpc) is 2.23. The Kier molecular flexibility index (Phi) is 78.8. The van der Waals surface area contributed by atoms with E-state index in [0.717, 1.165) is 0 Å². The van der Waals surface area contributed by atoms with Crippen LogP contribution in [0.15, 0.2) is 10.6 Å². The van der Waals surface area contributed by atoms with Crippen LogP contribution < -0.4 is 0 Å². The first-order valence-corrected chi connectivity index (χ1v) is 1.96. The minimum atomic E-state index is 0. The van der Waals surface area contributed by atoms with Gasteiger partial charge in [0.2, 0.25) is 0 Å². The molecule has 0 bridgehead atoms. The maximum Gasteiger partial charge on any atom is 0 e. The second-order valence-corrected chi connectivity index (χ2v) is 0.574. The molecular weight excluding hydrogens is 449 g/mol. The first-order chi connectivity index (χ1) is 3.50. The third-order valence-electron chi connectivity index (χ3n) is 0.275. The van der Waals surface area contributed by atoms with E-state index in [1.165, 1.54) is 15.5 Å². The van der Waals surface area contributed by atoms with Crippen molar-refractivity contribution >= 4 is 9.47 Å². The quantitative estimate of drug-likeness (QED) is 0.457. The summed E-state index contributed by atoms with van der Waals surface area (Å²) in [5.41, 5.74) is 0. The number of rotatable bonds is 0. The van der Waals surface area contributed by atoms with Crippen molar-refractivity contribution in [3.05, 3.63) is 26.0 Å². The Bertz CT molecular complexity index is 84.6. The van der Waals surface area contributed by atoms with Gasteiger partial charge >= 0.3 is 0 Å². The van der Waals surface area contributed by atoms with Crippen molar-refractivity contribution in [3.8, 4) is 0 Å². The number of hydrogen-bond donors (Lipinski definition) is 1. The SMILES string of the molecule is OP.[CH3-].[V].[W].[Y].[c-]1c[c-]on1. The van der Waals surface area contributed by atoms with Crippen LogP contribution in [0.25, 0.3) is 0 Å². The van der Waals surface area contributed by atoms with Gasteiger partial charge in [0.25, 0.3) is 0 Å². The normalized spacial score (nSPS) is 4.18. The van der Waals surface area contributed by atoms with Crippen molar-refractivity contribution in [1.29, 1.82) is 0 Å². The molecule has 0 aliphatic heterocycles. The fourth-order valence-corrected chi connectivity index (χ4v) is 0.132. The number of hydrogen-bond acceptors (Lipinski definition) is 3. The minimum absolute atomic E-state index is 0. The topological polar surface area (TPSA) is 46.3 Å². The molecule has 1 heterocycles. The van der Waals surface area contributed by atoms with E-state index in [-0.39, 0.29) is 79.8 Å². The van der Waals surface area contributed by atoms with Crippen molar-refractivity contribution in [2.24, 2.45) is 0 Å². The third kappa shape index (κ3) is 24.5. The fourth-order valence-electron chi connectivity index (χ4n) is 0.132. The molecule has 0 fully saturated rings. The molecular formula is C4H7NO2PVWY-3. The maximum absolute atomic E-state index is 6.92. The van der Waals surface area contributed by atoms with Gasteiger partial charge in [0.05, 0.1) is 0 Å². The average molecular weight is 456 g/mol. The minimum Gasteiger partial charge on any atom is -0.599 e. The molecule has 3 nitrogen and oxygen atoms in total. The van der Waals surface area contributed by atoms with Crippen LogP contribution in [0.2, 0.25) is 0 Å². The molecule has 11 heavy (non-hydrogen) atoms. The van der Waals surface area contributed by atoms with E-state index < -0.39 is 0 Å². The Balaban J connectivity index is -0.0000000189. The zero-order chi connectivity index (χ0) is 5.54. The van der Waals surface area contributed by atoms with E-state index in [0.29, 0.717) is 0 Å². The third-order valence-corrected chi connectivity index (χ3v) is 0.275. The van der Waals surface area contributed by atoms with Crippen LogP contribution in [0.4, 0.5) is 0 Å². The van der Waals surface area contributed by atoms with Crippen molar-refractivity contribution < 1.29 is 81.7 Å². The van der Waals surface area contributed by atoms with Crippen molar-refractivity contribution in [2.45, 2.75) is 0 Å². The number of aromatic nitrogens is 1. The van der Waals surface area contributed by atoms with Gasteiger partial charge in [-0.15, -0.1) is 0 Å². The smallest absolute Gasteiger partial charge is 0 e. The molecule has 0 aromatic carbocycles. The standard InChI is InChI=1S/C3HNO.CH3.H3OP.V.W.Y/c1-2-4-5-3-1;;1-2;;;/h1H;1H3;1H,2H2;;;/q-2;-1;;;;. The first-order valence-electron chi connectivity index (χ1n) is 1.45. The molecule has 0 saturated carbocycles. The molecule has 0 aliphatic carbocycles. The van der Waals surface area contributed by atoms with Gasteiger partial charge in [0.15, 0.2) is 0 Å². The second kappa shape index (κ2) is 29.6.